The van der Waals surface area contributed by atoms with Crippen LogP contribution >= 0.6 is 0 Å². The van der Waals surface area contributed by atoms with E-state index in [9.17, 15) is 4.79 Å². The zero-order valence-electron chi connectivity index (χ0n) is 4.87. The van der Waals surface area contributed by atoms with Gasteiger partial charge < -0.3 is 5.73 Å². The fourth-order valence-electron chi connectivity index (χ4n) is 0.758. The summed E-state index contributed by atoms with van der Waals surface area (Å²) in [5.41, 5.74) is 4.85. The van der Waals surface area contributed by atoms with Crippen molar-refractivity contribution in [1.29, 1.82) is 5.26 Å². The first-order valence-corrected chi connectivity index (χ1v) is 2.78. The van der Waals surface area contributed by atoms with Crippen molar-refractivity contribution in [2.24, 2.45) is 17.6 Å². The van der Waals surface area contributed by atoms with E-state index in [1.807, 2.05) is 0 Å². The SMILES string of the molecule is N#C[C@@H]1CC1[CH]C(N)=O. The summed E-state index contributed by atoms with van der Waals surface area (Å²) in [6, 6.07) is 2.06. The van der Waals surface area contributed by atoms with Crippen LogP contribution in [0.5, 0.6) is 0 Å². The Morgan fingerprint density at radius 3 is 2.89 bits per heavy atom. The monoisotopic (exact) mass is 123 g/mol. The molecule has 0 bridgehead atoms. The summed E-state index contributed by atoms with van der Waals surface area (Å²) in [5, 5.41) is 8.27. The van der Waals surface area contributed by atoms with E-state index < -0.39 is 5.91 Å². The number of nitrogens with two attached hydrogens (primary N) is 1. The minimum absolute atomic E-state index is 0.0532. The van der Waals surface area contributed by atoms with Crippen LogP contribution < -0.4 is 5.73 Å². The Bertz CT molecular complexity index is 170. The lowest BCUT2D eigenvalue weighted by Gasteiger charge is -1.85. The Balaban J connectivity index is 2.22. The number of hydrogen-bond acceptors (Lipinski definition) is 2. The summed E-state index contributed by atoms with van der Waals surface area (Å²) < 4.78 is 0. The van der Waals surface area contributed by atoms with E-state index in [0.29, 0.717) is 0 Å². The molecular formula is C6H7N2O. The molecule has 0 saturated heterocycles. The third-order valence-electron chi connectivity index (χ3n) is 1.38. The Labute approximate surface area is 53.5 Å². The highest BCUT2D eigenvalue weighted by Crippen LogP contribution is 2.39. The summed E-state index contributed by atoms with van der Waals surface area (Å²) >= 11 is 0. The van der Waals surface area contributed by atoms with E-state index in [0.717, 1.165) is 6.42 Å². The Kier molecular flexibility index (Phi) is 1.39. The van der Waals surface area contributed by atoms with Crippen molar-refractivity contribution < 1.29 is 4.79 Å². The summed E-state index contributed by atoms with van der Waals surface area (Å²) in [6.45, 7) is 0. The van der Waals surface area contributed by atoms with Gasteiger partial charge in [-0.1, -0.05) is 0 Å². The van der Waals surface area contributed by atoms with Crippen LogP contribution in [0.25, 0.3) is 0 Å². The third-order valence-corrected chi connectivity index (χ3v) is 1.38. The Morgan fingerprint density at radius 1 is 1.89 bits per heavy atom. The zero-order chi connectivity index (χ0) is 6.85. The molecular weight excluding hydrogens is 116 g/mol. The molecule has 47 valence electrons. The molecule has 1 radical (unpaired) electrons. The molecule has 0 aromatic heterocycles. The van der Waals surface area contributed by atoms with Gasteiger partial charge in [0.25, 0.3) is 0 Å². The maximum absolute atomic E-state index is 10.2. The molecule has 0 heterocycles. The van der Waals surface area contributed by atoms with Crippen molar-refractivity contribution in [3.63, 3.8) is 0 Å². The van der Waals surface area contributed by atoms with Gasteiger partial charge in [-0.3, -0.25) is 4.79 Å². The largest absolute Gasteiger partial charge is 0.369 e. The van der Waals surface area contributed by atoms with Gasteiger partial charge in [-0.2, -0.15) is 5.26 Å². The lowest BCUT2D eigenvalue weighted by Crippen LogP contribution is -2.12. The second-order valence-corrected chi connectivity index (χ2v) is 2.20. The van der Waals surface area contributed by atoms with Gasteiger partial charge in [0.05, 0.1) is 18.4 Å². The van der Waals surface area contributed by atoms with Crippen molar-refractivity contribution in [2.45, 2.75) is 6.42 Å². The van der Waals surface area contributed by atoms with E-state index >= 15 is 0 Å². The lowest BCUT2D eigenvalue weighted by atomic mass is 10.2. The smallest absolute Gasteiger partial charge is 0.221 e. The van der Waals surface area contributed by atoms with Gasteiger partial charge in [-0.25, -0.2) is 0 Å². The third kappa shape index (κ3) is 1.43. The molecule has 0 aromatic carbocycles. The van der Waals surface area contributed by atoms with Crippen LogP contribution in [0.3, 0.4) is 0 Å². The average Bonchev–Trinajstić information content (AvgIpc) is 2.45. The molecule has 9 heavy (non-hydrogen) atoms. The number of nitriles is 1. The molecule has 0 aliphatic heterocycles. The van der Waals surface area contributed by atoms with Crippen LogP contribution in [0, 0.1) is 29.6 Å². The average molecular weight is 123 g/mol. The van der Waals surface area contributed by atoms with E-state index in [4.69, 9.17) is 11.0 Å². The lowest BCUT2D eigenvalue weighted by molar-refractivity contribution is -0.115. The molecule has 3 heteroatoms. The molecule has 0 spiro atoms. The molecule has 3 nitrogen and oxygen atoms in total. The first kappa shape index (κ1) is 6.09. The first-order valence-electron chi connectivity index (χ1n) is 2.78. The standard InChI is InChI=1S/C6H7N2O/c7-3-5-1-4(5)2-6(8)9/h2,4-5H,1H2,(H2,8,9)/t4?,5-/m0/s1. The number of nitrogens with zero attached hydrogens (tertiary/aromatic N) is 1. The summed E-state index contributed by atoms with van der Waals surface area (Å²) in [5.74, 6) is -0.220. The second kappa shape index (κ2) is 2.06. The maximum atomic E-state index is 10.2. The predicted octanol–water partition coefficient (Wildman–Crippen LogP) is -0.164. The summed E-state index contributed by atoms with van der Waals surface area (Å²) in [6.07, 6.45) is 2.22. The molecule has 2 atom stereocenters. The number of primary amides is 1. The minimum Gasteiger partial charge on any atom is -0.369 e. The second-order valence-electron chi connectivity index (χ2n) is 2.20. The molecule has 1 aliphatic rings. The zero-order valence-corrected chi connectivity index (χ0v) is 4.87. The maximum Gasteiger partial charge on any atom is 0.221 e. The topological polar surface area (TPSA) is 66.9 Å². The molecule has 1 saturated carbocycles. The van der Waals surface area contributed by atoms with Gasteiger partial charge in [0.2, 0.25) is 5.91 Å². The predicted molar refractivity (Wildman–Crippen MR) is 30.7 cm³/mol. The van der Waals surface area contributed by atoms with Crippen LogP contribution in [-0.2, 0) is 4.79 Å². The van der Waals surface area contributed by atoms with E-state index in [1.165, 1.54) is 6.42 Å². The Hall–Kier alpha value is -1.04. The van der Waals surface area contributed by atoms with Crippen LogP contribution in [-0.4, -0.2) is 5.91 Å². The van der Waals surface area contributed by atoms with Crippen molar-refractivity contribution in [1.82, 2.24) is 0 Å². The normalized spacial score (nSPS) is 31.0. The van der Waals surface area contributed by atoms with Crippen LogP contribution in [0.15, 0.2) is 0 Å². The molecule has 1 unspecified atom stereocenters. The molecule has 1 amide bonds. The van der Waals surface area contributed by atoms with Crippen LogP contribution in [0.2, 0.25) is 0 Å². The van der Waals surface area contributed by atoms with Gasteiger partial charge in [0.15, 0.2) is 0 Å². The minimum atomic E-state index is -0.419. The fourth-order valence-corrected chi connectivity index (χ4v) is 0.758. The number of carbonyl (C=O) groups is 1. The quantitative estimate of drug-likeness (QED) is 0.554. The molecule has 1 aliphatic carbocycles. The molecule has 1 rings (SSSR count). The molecule has 0 aromatic rings. The van der Waals surface area contributed by atoms with Gasteiger partial charge in [0.1, 0.15) is 0 Å². The molecule has 1 fully saturated rings. The van der Waals surface area contributed by atoms with Crippen molar-refractivity contribution in [3.8, 4) is 6.07 Å². The van der Waals surface area contributed by atoms with Gasteiger partial charge >= 0.3 is 0 Å². The van der Waals surface area contributed by atoms with E-state index in [1.54, 1.807) is 0 Å². The first-order chi connectivity index (χ1) is 4.24. The highest BCUT2D eigenvalue weighted by atomic mass is 16.1. The van der Waals surface area contributed by atoms with Crippen LogP contribution in [0.4, 0.5) is 0 Å². The fraction of sp³-hybridized carbons (Fsp3) is 0.500. The molecule has 2 N–H and O–H groups in total. The number of amides is 1. The van der Waals surface area contributed by atoms with Gasteiger partial charge in [-0.15, -0.1) is 0 Å². The number of rotatable bonds is 2. The number of carbonyl (C=O) groups excluding carboxylic acids is 1. The number of hydrogen-bond donors (Lipinski definition) is 1. The summed E-state index contributed by atoms with van der Waals surface area (Å²) in [7, 11) is 0. The van der Waals surface area contributed by atoms with Crippen LogP contribution in [0.1, 0.15) is 6.42 Å². The van der Waals surface area contributed by atoms with E-state index in [2.05, 4.69) is 6.07 Å². The van der Waals surface area contributed by atoms with Gasteiger partial charge in [-0.05, 0) is 12.3 Å². The highest BCUT2D eigenvalue weighted by molar-refractivity contribution is 5.83. The van der Waals surface area contributed by atoms with E-state index in [-0.39, 0.29) is 11.8 Å². The van der Waals surface area contributed by atoms with Crippen molar-refractivity contribution in [2.75, 3.05) is 0 Å². The van der Waals surface area contributed by atoms with Gasteiger partial charge in [0, 0.05) is 0 Å². The highest BCUT2D eigenvalue weighted by Gasteiger charge is 2.38. The Morgan fingerprint density at radius 2 is 2.56 bits per heavy atom. The van der Waals surface area contributed by atoms with Crippen molar-refractivity contribution >= 4 is 5.91 Å². The summed E-state index contributed by atoms with van der Waals surface area (Å²) in [4.78, 5) is 10.2. The van der Waals surface area contributed by atoms with Crippen molar-refractivity contribution in [3.05, 3.63) is 6.42 Å².